The maximum absolute atomic E-state index is 13.2. The summed E-state index contributed by atoms with van der Waals surface area (Å²) in [5, 5.41) is 12.1. The van der Waals surface area contributed by atoms with Crippen LogP contribution >= 0.6 is 0 Å². The molecule has 0 aliphatic rings. The minimum absolute atomic E-state index is 0.0979. The van der Waals surface area contributed by atoms with Crippen molar-refractivity contribution >= 4 is 6.08 Å². The fraction of sp³-hybridized carbons (Fsp3) is 0.400. The van der Waals surface area contributed by atoms with Crippen molar-refractivity contribution < 1.29 is 4.39 Å². The third kappa shape index (κ3) is 4.31. The van der Waals surface area contributed by atoms with Crippen LogP contribution in [0.2, 0.25) is 0 Å². The topological polar surface area (TPSA) is 35.8 Å². The molecule has 0 heterocycles. The highest BCUT2D eigenvalue weighted by atomic mass is 19.1. The summed E-state index contributed by atoms with van der Waals surface area (Å²) >= 11 is 0. The Morgan fingerprint density at radius 3 is 2.83 bits per heavy atom. The third-order valence-corrected chi connectivity index (χ3v) is 2.71. The maximum atomic E-state index is 13.2. The van der Waals surface area contributed by atoms with Gasteiger partial charge in [-0.3, -0.25) is 0 Å². The summed E-state index contributed by atoms with van der Waals surface area (Å²) in [7, 11) is 0. The lowest BCUT2D eigenvalue weighted by atomic mass is 10.1. The maximum Gasteiger partial charge on any atom is 0.140 e. The van der Waals surface area contributed by atoms with E-state index in [-0.39, 0.29) is 5.56 Å². The van der Waals surface area contributed by atoms with E-state index in [1.807, 2.05) is 12.1 Å². The van der Waals surface area contributed by atoms with E-state index < -0.39 is 5.82 Å². The van der Waals surface area contributed by atoms with Crippen molar-refractivity contribution in [3.63, 3.8) is 0 Å². The number of nitrogens with zero attached hydrogens (tertiary/aromatic N) is 1. The Morgan fingerprint density at radius 1 is 1.44 bits per heavy atom. The lowest BCUT2D eigenvalue weighted by molar-refractivity contribution is 0.624. The van der Waals surface area contributed by atoms with Crippen molar-refractivity contribution in [3.05, 3.63) is 40.7 Å². The van der Waals surface area contributed by atoms with Gasteiger partial charge in [0.15, 0.2) is 0 Å². The Hall–Kier alpha value is -1.66. The van der Waals surface area contributed by atoms with Crippen LogP contribution < -0.4 is 5.32 Å². The van der Waals surface area contributed by atoms with Gasteiger partial charge in [0.2, 0.25) is 0 Å². The van der Waals surface area contributed by atoms with Gasteiger partial charge < -0.3 is 5.32 Å². The van der Waals surface area contributed by atoms with Crippen LogP contribution in [0.4, 0.5) is 4.39 Å². The molecule has 0 aliphatic carbocycles. The van der Waals surface area contributed by atoms with Crippen LogP contribution in [0.5, 0.6) is 0 Å². The summed E-state index contributed by atoms with van der Waals surface area (Å²) in [6.07, 6.45) is 4.06. The zero-order chi connectivity index (χ0) is 13.4. The highest BCUT2D eigenvalue weighted by molar-refractivity contribution is 5.55. The highest BCUT2D eigenvalue weighted by Gasteiger charge is 2.02. The van der Waals surface area contributed by atoms with Crippen LogP contribution in [0, 0.1) is 17.1 Å². The number of hydrogen-bond donors (Lipinski definition) is 1. The van der Waals surface area contributed by atoms with Gasteiger partial charge in [-0.1, -0.05) is 31.6 Å². The first-order valence-corrected chi connectivity index (χ1v) is 6.31. The Balaban J connectivity index is 2.82. The summed E-state index contributed by atoms with van der Waals surface area (Å²) in [6, 6.07) is 6.49. The van der Waals surface area contributed by atoms with Gasteiger partial charge in [0.05, 0.1) is 5.56 Å². The van der Waals surface area contributed by atoms with E-state index in [1.54, 1.807) is 12.1 Å². The highest BCUT2D eigenvalue weighted by Crippen LogP contribution is 2.14. The summed E-state index contributed by atoms with van der Waals surface area (Å²) in [5.41, 5.74) is 2.22. The van der Waals surface area contributed by atoms with Crippen molar-refractivity contribution in [2.24, 2.45) is 0 Å². The molecule has 0 atom stereocenters. The average molecular weight is 246 g/mol. The van der Waals surface area contributed by atoms with Gasteiger partial charge in [0, 0.05) is 6.54 Å². The molecule has 3 heteroatoms. The first-order chi connectivity index (χ1) is 8.71. The Kier molecular flexibility index (Phi) is 6.10. The van der Waals surface area contributed by atoms with Crippen molar-refractivity contribution in [2.45, 2.75) is 26.7 Å². The zero-order valence-electron chi connectivity index (χ0n) is 11.0. The van der Waals surface area contributed by atoms with Crippen molar-refractivity contribution in [2.75, 3.05) is 13.1 Å². The molecule has 18 heavy (non-hydrogen) atoms. The standard InChI is InChI=1S/C15H19FN2/c1-3-7-18-11-12(4-2)8-13-5-6-15(16)14(9-13)10-17/h5-6,8-9,18H,3-4,7,11H2,1-2H3/b12-8+. The van der Waals surface area contributed by atoms with Crippen molar-refractivity contribution in [1.29, 1.82) is 5.26 Å². The molecule has 0 unspecified atom stereocenters. The molecule has 0 spiro atoms. The SMILES string of the molecule is CCCNC/C(=C/c1ccc(F)c(C#N)c1)CC. The molecule has 1 aromatic rings. The summed E-state index contributed by atoms with van der Waals surface area (Å²) in [6.45, 7) is 6.05. The molecule has 96 valence electrons. The number of hydrogen-bond acceptors (Lipinski definition) is 2. The molecule has 0 aliphatic heterocycles. The fourth-order valence-corrected chi connectivity index (χ4v) is 1.66. The molecule has 1 N–H and O–H groups in total. The van der Waals surface area contributed by atoms with Crippen LogP contribution in [0.1, 0.15) is 37.8 Å². The zero-order valence-corrected chi connectivity index (χ0v) is 11.0. The monoisotopic (exact) mass is 246 g/mol. The van der Waals surface area contributed by atoms with E-state index in [1.165, 1.54) is 11.6 Å². The first kappa shape index (κ1) is 14.4. The van der Waals surface area contributed by atoms with E-state index in [0.29, 0.717) is 0 Å². The Bertz CT molecular complexity index is 458. The molecule has 1 aromatic carbocycles. The van der Waals surface area contributed by atoms with Gasteiger partial charge in [-0.2, -0.15) is 5.26 Å². The van der Waals surface area contributed by atoms with Gasteiger partial charge >= 0.3 is 0 Å². The van der Waals surface area contributed by atoms with E-state index in [4.69, 9.17) is 5.26 Å². The number of benzene rings is 1. The largest absolute Gasteiger partial charge is 0.313 e. The number of nitrogens with one attached hydrogen (secondary N) is 1. The smallest absolute Gasteiger partial charge is 0.140 e. The molecule has 0 bridgehead atoms. The molecule has 0 radical (unpaired) electrons. The van der Waals surface area contributed by atoms with Crippen LogP contribution in [0.25, 0.3) is 6.08 Å². The van der Waals surface area contributed by atoms with E-state index in [2.05, 4.69) is 19.2 Å². The molecule has 0 saturated carbocycles. The molecule has 0 saturated heterocycles. The van der Waals surface area contributed by atoms with Crippen molar-refractivity contribution in [3.8, 4) is 6.07 Å². The molecule has 2 nitrogen and oxygen atoms in total. The lowest BCUT2D eigenvalue weighted by Crippen LogP contribution is -2.17. The van der Waals surface area contributed by atoms with Crippen LogP contribution in [0.15, 0.2) is 23.8 Å². The van der Waals surface area contributed by atoms with E-state index in [9.17, 15) is 4.39 Å². The quantitative estimate of drug-likeness (QED) is 0.780. The molecular weight excluding hydrogens is 227 g/mol. The Morgan fingerprint density at radius 2 is 2.22 bits per heavy atom. The summed E-state index contributed by atoms with van der Waals surface area (Å²) < 4.78 is 13.2. The minimum Gasteiger partial charge on any atom is -0.313 e. The predicted octanol–water partition coefficient (Wildman–Crippen LogP) is 3.49. The van der Waals surface area contributed by atoms with Gasteiger partial charge in [-0.15, -0.1) is 0 Å². The first-order valence-electron chi connectivity index (χ1n) is 6.31. The van der Waals surface area contributed by atoms with Gasteiger partial charge in [0.1, 0.15) is 11.9 Å². The average Bonchev–Trinajstić information content (AvgIpc) is 2.39. The van der Waals surface area contributed by atoms with Crippen LogP contribution in [-0.4, -0.2) is 13.1 Å². The Labute approximate surface area is 108 Å². The van der Waals surface area contributed by atoms with E-state index >= 15 is 0 Å². The van der Waals surface area contributed by atoms with Gasteiger partial charge in [-0.05, 0) is 37.1 Å². The second kappa shape index (κ2) is 7.62. The molecule has 0 fully saturated rings. The normalized spacial score (nSPS) is 11.3. The van der Waals surface area contributed by atoms with Crippen LogP contribution in [-0.2, 0) is 0 Å². The second-order valence-corrected chi connectivity index (χ2v) is 4.18. The number of rotatable bonds is 6. The fourth-order valence-electron chi connectivity index (χ4n) is 1.66. The number of nitriles is 1. The molecular formula is C15H19FN2. The minimum atomic E-state index is -0.461. The number of halogens is 1. The van der Waals surface area contributed by atoms with Crippen LogP contribution in [0.3, 0.4) is 0 Å². The van der Waals surface area contributed by atoms with Gasteiger partial charge in [-0.25, -0.2) is 4.39 Å². The van der Waals surface area contributed by atoms with Gasteiger partial charge in [0.25, 0.3) is 0 Å². The third-order valence-electron chi connectivity index (χ3n) is 2.71. The lowest BCUT2D eigenvalue weighted by Gasteiger charge is -2.06. The summed E-state index contributed by atoms with van der Waals surface area (Å²) in [5.74, 6) is -0.461. The second-order valence-electron chi connectivity index (χ2n) is 4.18. The molecule has 0 amide bonds. The molecule has 0 aromatic heterocycles. The predicted molar refractivity (Wildman–Crippen MR) is 72.5 cm³/mol. The van der Waals surface area contributed by atoms with Crippen molar-refractivity contribution in [1.82, 2.24) is 5.32 Å². The van der Waals surface area contributed by atoms with E-state index in [0.717, 1.165) is 31.5 Å². The molecule has 1 rings (SSSR count). The summed E-state index contributed by atoms with van der Waals surface area (Å²) in [4.78, 5) is 0.